The van der Waals surface area contributed by atoms with Crippen molar-refractivity contribution >= 4 is 24.9 Å². The van der Waals surface area contributed by atoms with Crippen LogP contribution in [0.15, 0.2) is 117 Å². The van der Waals surface area contributed by atoms with E-state index in [0.717, 1.165) is 90.4 Å². The maximum atomic E-state index is 11.5. The van der Waals surface area contributed by atoms with Gasteiger partial charge in [0.15, 0.2) is 0 Å². The number of unbranched alkanes of at least 4 members (excludes halogenated alkanes) is 8. The van der Waals surface area contributed by atoms with Gasteiger partial charge in [0.2, 0.25) is 0 Å². The van der Waals surface area contributed by atoms with Crippen molar-refractivity contribution in [2.45, 2.75) is 64.2 Å². The number of hydrogen-bond donors (Lipinski definition) is 0. The Morgan fingerprint density at radius 3 is 0.712 bits per heavy atom. The van der Waals surface area contributed by atoms with E-state index in [1.54, 1.807) is 97.7 Å². The van der Waals surface area contributed by atoms with Crippen LogP contribution in [0.5, 0.6) is 23.0 Å². The fraction of sp³-hybridized carbons (Fsp3) is 0.333. The molecule has 10 heteroatoms. The van der Waals surface area contributed by atoms with Gasteiger partial charge in [-0.25, -0.2) is 0 Å². The van der Waals surface area contributed by atoms with Crippen LogP contribution in [-0.4, -0.2) is 51.0 Å². The largest absolute Gasteiger partial charge is 2.00 e. The van der Waals surface area contributed by atoms with Gasteiger partial charge in [-0.1, -0.05) is 136 Å². The van der Waals surface area contributed by atoms with Gasteiger partial charge in [-0.3, -0.25) is 20.0 Å². The van der Waals surface area contributed by atoms with E-state index in [2.05, 4.69) is 20.0 Å². The SMILES string of the molecule is [O-]c1ccccc1C=NCCCCCCCN=Cc1ccccc1[O-].[O-]c1ccccc1C=NCCCCCCCN=Cc1ccccc1[O-].[Pt+2].[Pt+2]. The molecule has 0 bridgehead atoms. The van der Waals surface area contributed by atoms with Crippen LogP contribution >= 0.6 is 0 Å². The van der Waals surface area contributed by atoms with E-state index in [9.17, 15) is 20.4 Å². The molecule has 0 aromatic heterocycles. The Labute approximate surface area is 338 Å². The summed E-state index contributed by atoms with van der Waals surface area (Å²) in [6, 6.07) is 27.7. The molecule has 4 aromatic carbocycles. The summed E-state index contributed by atoms with van der Waals surface area (Å²) in [5.74, 6) is 0.0793. The zero-order chi connectivity index (χ0) is 35.5. The van der Waals surface area contributed by atoms with Crippen molar-refractivity contribution in [1.29, 1.82) is 0 Å². The first kappa shape index (κ1) is 46.2. The fourth-order valence-electron chi connectivity index (χ4n) is 4.87. The van der Waals surface area contributed by atoms with Crippen molar-refractivity contribution in [2.24, 2.45) is 20.0 Å². The molecular formula is C42H48N4O4Pt2. The van der Waals surface area contributed by atoms with Crippen LogP contribution in [0.2, 0.25) is 0 Å². The Morgan fingerprint density at radius 2 is 0.500 bits per heavy atom. The van der Waals surface area contributed by atoms with E-state index >= 15 is 0 Å². The zero-order valence-electron chi connectivity index (χ0n) is 29.5. The molecule has 280 valence electrons. The van der Waals surface area contributed by atoms with E-state index in [4.69, 9.17) is 0 Å². The zero-order valence-corrected chi connectivity index (χ0v) is 34.0. The van der Waals surface area contributed by atoms with Gasteiger partial charge in [-0.05, 0) is 47.9 Å². The van der Waals surface area contributed by atoms with Gasteiger partial charge in [0.05, 0.1) is 0 Å². The standard InChI is InChI=1S/2C21H26N2O2.2Pt/c2*24-20-12-6-4-10-18(20)16-22-14-8-2-1-3-9-15-23-17-19-11-5-7-13-21(19)25;;/h2*4-7,10-13,16-17,24-25H,1-3,8-9,14-15H2;;/q;;2*+2/p-4. The minimum atomic E-state index is 0. The Hall–Kier alpha value is -3.86. The number of aliphatic imine (C=N–C) groups is 4. The predicted octanol–water partition coefficient (Wildman–Crippen LogP) is 6.64. The summed E-state index contributed by atoms with van der Waals surface area (Å²) in [7, 11) is 0. The molecule has 4 aromatic rings. The van der Waals surface area contributed by atoms with E-state index in [1.807, 2.05) is 24.3 Å². The third kappa shape index (κ3) is 20.2. The molecule has 0 saturated carbocycles. The Morgan fingerprint density at radius 1 is 0.308 bits per heavy atom. The molecule has 0 fully saturated rings. The van der Waals surface area contributed by atoms with E-state index in [0.29, 0.717) is 22.3 Å². The molecule has 52 heavy (non-hydrogen) atoms. The Bertz CT molecular complexity index is 1410. The maximum Gasteiger partial charge on any atom is 2.00 e. The maximum absolute atomic E-state index is 11.5. The van der Waals surface area contributed by atoms with Gasteiger partial charge in [0, 0.05) is 51.0 Å². The molecule has 0 aliphatic heterocycles. The van der Waals surface area contributed by atoms with E-state index in [-0.39, 0.29) is 65.1 Å². The molecular weight excluding hydrogens is 1010 g/mol. The molecule has 0 spiro atoms. The summed E-state index contributed by atoms with van der Waals surface area (Å²) in [4.78, 5) is 17.3. The second-order valence-corrected chi connectivity index (χ2v) is 11.8. The van der Waals surface area contributed by atoms with Crippen LogP contribution in [0.3, 0.4) is 0 Å². The first-order chi connectivity index (χ1) is 24.5. The number of hydrogen-bond acceptors (Lipinski definition) is 8. The molecule has 0 heterocycles. The molecule has 0 N–H and O–H groups in total. The molecule has 4 rings (SSSR count). The van der Waals surface area contributed by atoms with Gasteiger partial charge < -0.3 is 20.4 Å². The smallest absolute Gasteiger partial charge is 0.872 e. The monoisotopic (exact) mass is 1060 g/mol. The topological polar surface area (TPSA) is 142 Å². The quantitative estimate of drug-likeness (QED) is 0.0724. The molecule has 0 unspecified atom stereocenters. The first-order valence-electron chi connectivity index (χ1n) is 17.6. The number of benzene rings is 4. The molecule has 0 radical (unpaired) electrons. The minimum Gasteiger partial charge on any atom is -0.872 e. The minimum absolute atomic E-state index is 0. The fourth-order valence-corrected chi connectivity index (χ4v) is 4.87. The molecule has 0 aliphatic rings. The van der Waals surface area contributed by atoms with Gasteiger partial charge in [0.1, 0.15) is 0 Å². The van der Waals surface area contributed by atoms with Gasteiger partial charge >= 0.3 is 42.1 Å². The van der Waals surface area contributed by atoms with Crippen molar-refractivity contribution in [2.75, 3.05) is 26.2 Å². The summed E-state index contributed by atoms with van der Waals surface area (Å²) < 4.78 is 0. The first-order valence-corrected chi connectivity index (χ1v) is 17.6. The van der Waals surface area contributed by atoms with Crippen LogP contribution < -0.4 is 20.4 Å². The van der Waals surface area contributed by atoms with Crippen LogP contribution in [0.25, 0.3) is 0 Å². The average Bonchev–Trinajstić information content (AvgIpc) is 3.12. The normalized spacial score (nSPS) is 11.1. The van der Waals surface area contributed by atoms with Crippen molar-refractivity contribution in [3.63, 3.8) is 0 Å². The van der Waals surface area contributed by atoms with Crippen LogP contribution in [0.4, 0.5) is 0 Å². The summed E-state index contributed by atoms with van der Waals surface area (Å²) in [5, 5.41) is 46.0. The summed E-state index contributed by atoms with van der Waals surface area (Å²) in [6.45, 7) is 3.03. The Kier molecular flexibility index (Phi) is 26.4. The number of nitrogens with zero attached hydrogens (tertiary/aromatic N) is 4. The van der Waals surface area contributed by atoms with Crippen LogP contribution in [0.1, 0.15) is 86.5 Å². The number of rotatable bonds is 20. The molecule has 0 atom stereocenters. The van der Waals surface area contributed by atoms with Gasteiger partial charge in [0.25, 0.3) is 0 Å². The third-order valence-electron chi connectivity index (χ3n) is 7.75. The van der Waals surface area contributed by atoms with Crippen LogP contribution in [-0.2, 0) is 42.1 Å². The van der Waals surface area contributed by atoms with Crippen molar-refractivity contribution in [3.05, 3.63) is 119 Å². The summed E-state index contributed by atoms with van der Waals surface area (Å²) >= 11 is 0. The van der Waals surface area contributed by atoms with Gasteiger partial charge in [-0.15, -0.1) is 23.0 Å². The van der Waals surface area contributed by atoms with E-state index in [1.165, 1.54) is 0 Å². The van der Waals surface area contributed by atoms with E-state index < -0.39 is 0 Å². The van der Waals surface area contributed by atoms with Crippen molar-refractivity contribution < 1.29 is 62.6 Å². The van der Waals surface area contributed by atoms with Crippen molar-refractivity contribution in [3.8, 4) is 23.0 Å². The molecule has 0 aliphatic carbocycles. The predicted molar refractivity (Wildman–Crippen MR) is 200 cm³/mol. The van der Waals surface area contributed by atoms with Crippen molar-refractivity contribution in [1.82, 2.24) is 0 Å². The number of para-hydroxylation sites is 4. The summed E-state index contributed by atoms with van der Waals surface area (Å²) in [5.41, 5.74) is 2.61. The second-order valence-electron chi connectivity index (χ2n) is 11.8. The summed E-state index contributed by atoms with van der Waals surface area (Å²) in [6.07, 6.45) is 17.6. The van der Waals surface area contributed by atoms with Gasteiger partial charge in [-0.2, -0.15) is 0 Å². The Balaban J connectivity index is 0.000000501. The molecule has 0 amide bonds. The van der Waals surface area contributed by atoms with Crippen LogP contribution in [0, 0.1) is 0 Å². The third-order valence-corrected chi connectivity index (χ3v) is 7.75. The second kappa shape index (κ2) is 29.7. The molecule has 0 saturated heterocycles. The average molecular weight is 1060 g/mol. The molecule has 8 nitrogen and oxygen atoms in total.